The second-order valence-electron chi connectivity index (χ2n) is 5.92. The van der Waals surface area contributed by atoms with Gasteiger partial charge in [-0.15, -0.1) is 11.3 Å². The molecule has 5 nitrogen and oxygen atoms in total. The third-order valence-corrected chi connectivity index (χ3v) is 5.08. The molecule has 0 aliphatic rings. The summed E-state index contributed by atoms with van der Waals surface area (Å²) in [6, 6.07) is 10.0. The molecule has 0 unspecified atom stereocenters. The van der Waals surface area contributed by atoms with Crippen LogP contribution in [0.2, 0.25) is 0 Å². The van der Waals surface area contributed by atoms with Crippen molar-refractivity contribution in [2.24, 2.45) is 0 Å². The van der Waals surface area contributed by atoms with E-state index in [1.807, 2.05) is 54.6 Å². The van der Waals surface area contributed by atoms with Gasteiger partial charge in [-0.1, -0.05) is 42.4 Å². The topological polar surface area (TPSA) is 59.2 Å². The molecule has 25 heavy (non-hydrogen) atoms. The Morgan fingerprint density at radius 3 is 2.60 bits per heavy atom. The molecule has 0 radical (unpaired) electrons. The number of benzene rings is 1. The van der Waals surface area contributed by atoms with Gasteiger partial charge in [0.05, 0.1) is 23.4 Å². The fourth-order valence-corrected chi connectivity index (χ4v) is 3.54. The SMILES string of the molecule is CCc1noc(C)c1C(=O)N(Cc1ccccc1)Cc1scnc1C. The van der Waals surface area contributed by atoms with Gasteiger partial charge in [-0.05, 0) is 25.8 Å². The van der Waals surface area contributed by atoms with E-state index in [-0.39, 0.29) is 5.91 Å². The number of carbonyl (C=O) groups is 1. The Labute approximate surface area is 151 Å². The standard InChI is InChI=1S/C19H21N3O2S/c1-4-16-18(14(3)24-21-16)19(23)22(10-15-8-6-5-7-9-15)11-17-13(2)20-12-25-17/h5-9,12H,4,10-11H2,1-3H3. The molecule has 0 aliphatic carbocycles. The summed E-state index contributed by atoms with van der Waals surface area (Å²) in [5, 5.41) is 4.03. The number of nitrogens with zero attached hydrogens (tertiary/aromatic N) is 3. The highest BCUT2D eigenvalue weighted by atomic mass is 32.1. The van der Waals surface area contributed by atoms with Crippen LogP contribution in [-0.2, 0) is 19.5 Å². The van der Waals surface area contributed by atoms with Gasteiger partial charge >= 0.3 is 0 Å². The van der Waals surface area contributed by atoms with Gasteiger partial charge in [-0.25, -0.2) is 4.98 Å². The molecule has 0 saturated carbocycles. The Hall–Kier alpha value is -2.47. The Bertz CT molecular complexity index is 855. The van der Waals surface area contributed by atoms with Crippen molar-refractivity contribution in [1.82, 2.24) is 15.0 Å². The zero-order chi connectivity index (χ0) is 17.8. The lowest BCUT2D eigenvalue weighted by atomic mass is 10.1. The maximum absolute atomic E-state index is 13.3. The second-order valence-corrected chi connectivity index (χ2v) is 6.86. The third kappa shape index (κ3) is 3.79. The van der Waals surface area contributed by atoms with E-state index < -0.39 is 0 Å². The van der Waals surface area contributed by atoms with Gasteiger partial charge in [0.15, 0.2) is 0 Å². The van der Waals surface area contributed by atoms with Crippen molar-refractivity contribution in [3.63, 3.8) is 0 Å². The van der Waals surface area contributed by atoms with Gasteiger partial charge in [0.1, 0.15) is 11.3 Å². The highest BCUT2D eigenvalue weighted by Gasteiger charge is 2.25. The Morgan fingerprint density at radius 2 is 1.96 bits per heavy atom. The first-order valence-electron chi connectivity index (χ1n) is 8.27. The van der Waals surface area contributed by atoms with Crippen molar-refractivity contribution >= 4 is 17.2 Å². The van der Waals surface area contributed by atoms with E-state index >= 15 is 0 Å². The Morgan fingerprint density at radius 1 is 1.20 bits per heavy atom. The maximum Gasteiger partial charge on any atom is 0.260 e. The smallest absolute Gasteiger partial charge is 0.260 e. The zero-order valence-electron chi connectivity index (χ0n) is 14.7. The van der Waals surface area contributed by atoms with Crippen LogP contribution in [0.4, 0.5) is 0 Å². The van der Waals surface area contributed by atoms with E-state index in [9.17, 15) is 4.79 Å². The first-order chi connectivity index (χ1) is 12.1. The summed E-state index contributed by atoms with van der Waals surface area (Å²) in [6.07, 6.45) is 0.664. The number of hydrogen-bond acceptors (Lipinski definition) is 5. The fraction of sp³-hybridized carbons (Fsp3) is 0.316. The quantitative estimate of drug-likeness (QED) is 0.666. The molecule has 130 valence electrons. The van der Waals surface area contributed by atoms with Gasteiger partial charge < -0.3 is 9.42 Å². The van der Waals surface area contributed by atoms with Gasteiger partial charge in [0.2, 0.25) is 0 Å². The lowest BCUT2D eigenvalue weighted by molar-refractivity contribution is 0.0728. The molecule has 0 bridgehead atoms. The van der Waals surface area contributed by atoms with Crippen molar-refractivity contribution in [1.29, 1.82) is 0 Å². The lowest BCUT2D eigenvalue weighted by Gasteiger charge is -2.22. The average molecular weight is 355 g/mol. The highest BCUT2D eigenvalue weighted by Crippen LogP contribution is 2.22. The van der Waals surface area contributed by atoms with Crippen LogP contribution in [0.3, 0.4) is 0 Å². The number of rotatable bonds is 6. The summed E-state index contributed by atoms with van der Waals surface area (Å²) in [4.78, 5) is 20.5. The lowest BCUT2D eigenvalue weighted by Crippen LogP contribution is -2.31. The summed E-state index contributed by atoms with van der Waals surface area (Å²) >= 11 is 1.57. The molecule has 2 aromatic heterocycles. The Kier molecular flexibility index (Phi) is 5.28. The molecule has 1 aromatic carbocycles. The minimum Gasteiger partial charge on any atom is -0.361 e. The third-order valence-electron chi connectivity index (χ3n) is 4.16. The molecule has 0 fully saturated rings. The van der Waals surface area contributed by atoms with E-state index in [4.69, 9.17) is 4.52 Å². The summed E-state index contributed by atoms with van der Waals surface area (Å²) < 4.78 is 5.26. The minimum absolute atomic E-state index is 0.0488. The highest BCUT2D eigenvalue weighted by molar-refractivity contribution is 7.09. The van der Waals surface area contributed by atoms with Crippen molar-refractivity contribution in [3.05, 3.63) is 69.0 Å². The molecule has 0 spiro atoms. The van der Waals surface area contributed by atoms with E-state index in [1.54, 1.807) is 18.3 Å². The summed E-state index contributed by atoms with van der Waals surface area (Å²) in [5.74, 6) is 0.521. The second kappa shape index (κ2) is 7.61. The summed E-state index contributed by atoms with van der Waals surface area (Å²) in [7, 11) is 0. The molecule has 3 aromatic rings. The molecular formula is C19H21N3O2S. The first-order valence-corrected chi connectivity index (χ1v) is 9.15. The van der Waals surface area contributed by atoms with Crippen LogP contribution < -0.4 is 0 Å². The number of thiazole rings is 1. The number of hydrogen-bond donors (Lipinski definition) is 0. The number of aryl methyl sites for hydroxylation is 3. The fourth-order valence-electron chi connectivity index (χ4n) is 2.75. The van der Waals surface area contributed by atoms with Gasteiger partial charge in [-0.2, -0.15) is 0 Å². The molecule has 0 saturated heterocycles. The molecule has 2 heterocycles. The molecular weight excluding hydrogens is 334 g/mol. The van der Waals surface area contributed by atoms with Crippen molar-refractivity contribution < 1.29 is 9.32 Å². The van der Waals surface area contributed by atoms with Gasteiger partial charge in [0, 0.05) is 11.4 Å². The van der Waals surface area contributed by atoms with E-state index in [2.05, 4.69) is 10.1 Å². The molecule has 0 atom stereocenters. The summed E-state index contributed by atoms with van der Waals surface area (Å²) in [6.45, 7) is 6.79. The Balaban J connectivity index is 1.93. The van der Waals surface area contributed by atoms with E-state index in [0.29, 0.717) is 36.5 Å². The number of aromatic nitrogens is 2. The van der Waals surface area contributed by atoms with E-state index in [1.165, 1.54) is 0 Å². The van der Waals surface area contributed by atoms with Crippen molar-refractivity contribution in [2.75, 3.05) is 0 Å². The molecule has 3 rings (SSSR count). The van der Waals surface area contributed by atoms with Crippen LogP contribution in [0, 0.1) is 13.8 Å². The monoisotopic (exact) mass is 355 g/mol. The van der Waals surface area contributed by atoms with Gasteiger partial charge in [-0.3, -0.25) is 4.79 Å². The molecule has 0 N–H and O–H groups in total. The van der Waals surface area contributed by atoms with E-state index in [0.717, 1.165) is 16.1 Å². The first kappa shape index (κ1) is 17.4. The largest absolute Gasteiger partial charge is 0.361 e. The average Bonchev–Trinajstić information content (AvgIpc) is 3.20. The summed E-state index contributed by atoms with van der Waals surface area (Å²) in [5.41, 5.74) is 5.17. The van der Waals surface area contributed by atoms with Crippen LogP contribution in [-0.4, -0.2) is 20.9 Å². The maximum atomic E-state index is 13.3. The van der Waals surface area contributed by atoms with Crippen LogP contribution in [0.5, 0.6) is 0 Å². The van der Waals surface area contributed by atoms with Gasteiger partial charge in [0.25, 0.3) is 5.91 Å². The zero-order valence-corrected chi connectivity index (χ0v) is 15.5. The van der Waals surface area contributed by atoms with Crippen LogP contribution in [0.1, 0.15) is 44.9 Å². The van der Waals surface area contributed by atoms with Crippen molar-refractivity contribution in [3.8, 4) is 0 Å². The van der Waals surface area contributed by atoms with Crippen LogP contribution >= 0.6 is 11.3 Å². The van der Waals surface area contributed by atoms with Crippen molar-refractivity contribution in [2.45, 2.75) is 40.3 Å². The number of amides is 1. The molecule has 0 aliphatic heterocycles. The van der Waals surface area contributed by atoms with Crippen LogP contribution in [0.15, 0.2) is 40.4 Å². The predicted molar refractivity (Wildman–Crippen MR) is 97.5 cm³/mol. The van der Waals surface area contributed by atoms with Crippen LogP contribution in [0.25, 0.3) is 0 Å². The molecule has 6 heteroatoms. The minimum atomic E-state index is -0.0488. The number of carbonyl (C=O) groups excluding carboxylic acids is 1. The predicted octanol–water partition coefficient (Wildman–Crippen LogP) is 4.15. The normalized spacial score (nSPS) is 10.8. The molecule has 1 amide bonds.